The lowest BCUT2D eigenvalue weighted by atomic mass is 10.1. The first-order chi connectivity index (χ1) is 13.9. The summed E-state index contributed by atoms with van der Waals surface area (Å²) < 4.78 is 64.9. The first-order valence-electron chi connectivity index (χ1n) is 9.07. The summed E-state index contributed by atoms with van der Waals surface area (Å²) in [6.45, 7) is 1.27. The Hall–Kier alpha value is -2.10. The number of benzene rings is 2. The summed E-state index contributed by atoms with van der Waals surface area (Å²) in [7, 11) is -3.18. The van der Waals surface area contributed by atoms with Gasteiger partial charge in [-0.25, -0.2) is 8.42 Å². The highest BCUT2D eigenvalue weighted by atomic mass is 35.5. The number of hydrogen-bond donors (Lipinski definition) is 1. The number of rotatable bonds is 8. The van der Waals surface area contributed by atoms with Crippen LogP contribution in [0.15, 0.2) is 53.4 Å². The Bertz CT molecular complexity index is 983. The number of amides is 1. The number of halogens is 4. The fraction of sp³-hybridized carbons (Fsp3) is 0.350. The minimum atomic E-state index is -4.80. The highest BCUT2D eigenvalue weighted by molar-refractivity contribution is 7.89. The van der Waals surface area contributed by atoms with Crippen molar-refractivity contribution in [3.63, 3.8) is 0 Å². The van der Waals surface area contributed by atoms with Crippen molar-refractivity contribution in [1.82, 2.24) is 9.62 Å². The summed E-state index contributed by atoms with van der Waals surface area (Å²) in [5.74, 6) is -0.549. The van der Waals surface area contributed by atoms with E-state index in [1.807, 2.05) is 30.3 Å². The van der Waals surface area contributed by atoms with E-state index in [2.05, 4.69) is 5.32 Å². The number of hydrogen-bond acceptors (Lipinski definition) is 3. The summed E-state index contributed by atoms with van der Waals surface area (Å²) in [6.07, 6.45) is -3.41. The van der Waals surface area contributed by atoms with Gasteiger partial charge in [0.15, 0.2) is 0 Å². The lowest BCUT2D eigenvalue weighted by molar-refractivity contribution is -0.137. The zero-order chi connectivity index (χ0) is 22.5. The maximum atomic E-state index is 13.0. The van der Waals surface area contributed by atoms with Crippen LogP contribution in [0, 0.1) is 0 Å². The molecule has 164 valence electrons. The fourth-order valence-electron chi connectivity index (χ4n) is 2.77. The van der Waals surface area contributed by atoms with Gasteiger partial charge in [0.05, 0.1) is 22.0 Å². The molecule has 0 spiro atoms. The predicted octanol–water partition coefficient (Wildman–Crippen LogP) is 4.12. The molecular weight excluding hydrogens is 441 g/mol. The number of carbonyl (C=O) groups is 1. The molecular formula is C20H22ClF3N2O3S. The fourth-order valence-corrected chi connectivity index (χ4v) is 4.15. The SMILES string of the molecule is C[C@H](CCc1ccccc1)NC(=O)CN(C)S(=O)(=O)c1ccc(Cl)c(C(F)(F)F)c1. The number of sulfonamides is 1. The van der Waals surface area contributed by atoms with Gasteiger partial charge < -0.3 is 5.32 Å². The molecule has 10 heteroatoms. The summed E-state index contributed by atoms with van der Waals surface area (Å²) >= 11 is 5.53. The minimum absolute atomic E-state index is 0.207. The van der Waals surface area contributed by atoms with Crippen molar-refractivity contribution in [1.29, 1.82) is 0 Å². The molecule has 0 radical (unpaired) electrons. The third-order valence-electron chi connectivity index (χ3n) is 4.43. The number of nitrogens with zero attached hydrogens (tertiary/aromatic N) is 1. The van der Waals surface area contributed by atoms with Crippen molar-refractivity contribution in [3.05, 3.63) is 64.7 Å². The average molecular weight is 463 g/mol. The van der Waals surface area contributed by atoms with Crippen LogP contribution in [-0.4, -0.2) is 38.3 Å². The molecule has 0 heterocycles. The van der Waals surface area contributed by atoms with Crippen LogP contribution in [0.4, 0.5) is 13.2 Å². The number of aryl methyl sites for hydroxylation is 1. The first-order valence-corrected chi connectivity index (χ1v) is 10.9. The van der Waals surface area contributed by atoms with Gasteiger partial charge in [0.25, 0.3) is 0 Å². The third kappa shape index (κ3) is 6.45. The highest BCUT2D eigenvalue weighted by Crippen LogP contribution is 2.36. The molecule has 0 bridgehead atoms. The van der Waals surface area contributed by atoms with Crippen LogP contribution in [0.25, 0.3) is 0 Å². The van der Waals surface area contributed by atoms with E-state index < -0.39 is 44.1 Å². The van der Waals surface area contributed by atoms with Crippen LogP contribution in [0.2, 0.25) is 5.02 Å². The van der Waals surface area contributed by atoms with Gasteiger partial charge in [0, 0.05) is 13.1 Å². The largest absolute Gasteiger partial charge is 0.417 e. The average Bonchev–Trinajstić information content (AvgIpc) is 2.66. The van der Waals surface area contributed by atoms with Gasteiger partial charge in [-0.15, -0.1) is 0 Å². The van der Waals surface area contributed by atoms with Gasteiger partial charge >= 0.3 is 6.18 Å². The Morgan fingerprint density at radius 2 is 1.80 bits per heavy atom. The second-order valence-electron chi connectivity index (χ2n) is 6.89. The maximum absolute atomic E-state index is 13.0. The number of nitrogens with one attached hydrogen (secondary N) is 1. The number of likely N-dealkylation sites (N-methyl/N-ethyl adjacent to an activating group) is 1. The van der Waals surface area contributed by atoms with Crippen molar-refractivity contribution >= 4 is 27.5 Å². The second-order valence-corrected chi connectivity index (χ2v) is 9.35. The van der Waals surface area contributed by atoms with E-state index in [1.165, 1.54) is 0 Å². The van der Waals surface area contributed by atoms with Gasteiger partial charge in [0.1, 0.15) is 0 Å². The van der Waals surface area contributed by atoms with Crippen LogP contribution in [0.1, 0.15) is 24.5 Å². The summed E-state index contributed by atoms with van der Waals surface area (Å²) in [5, 5.41) is 2.10. The highest BCUT2D eigenvalue weighted by Gasteiger charge is 2.35. The summed E-state index contributed by atoms with van der Waals surface area (Å²) in [5.41, 5.74) is -0.140. The van der Waals surface area contributed by atoms with Gasteiger partial charge in [-0.05, 0) is 43.5 Å². The van der Waals surface area contributed by atoms with Crippen LogP contribution in [0.3, 0.4) is 0 Å². The molecule has 5 nitrogen and oxygen atoms in total. The van der Waals surface area contributed by atoms with E-state index in [-0.39, 0.29) is 6.04 Å². The summed E-state index contributed by atoms with van der Waals surface area (Å²) in [4.78, 5) is 11.6. The van der Waals surface area contributed by atoms with Gasteiger partial charge in [-0.1, -0.05) is 41.9 Å². The normalized spacial score (nSPS) is 13.3. The zero-order valence-electron chi connectivity index (χ0n) is 16.4. The van der Waals surface area contributed by atoms with Gasteiger partial charge in [-0.2, -0.15) is 17.5 Å². The molecule has 1 N–H and O–H groups in total. The molecule has 0 saturated carbocycles. The Morgan fingerprint density at radius 3 is 2.40 bits per heavy atom. The molecule has 0 saturated heterocycles. The van der Waals surface area contributed by atoms with Crippen LogP contribution in [-0.2, 0) is 27.4 Å². The molecule has 0 aliphatic heterocycles. The Labute approximate surface area is 178 Å². The molecule has 0 fully saturated rings. The standard InChI is InChI=1S/C20H22ClF3N2O3S/c1-14(8-9-15-6-4-3-5-7-15)25-19(27)13-26(2)30(28,29)16-10-11-18(21)17(12-16)20(22,23)24/h3-7,10-12,14H,8-9,13H2,1-2H3,(H,25,27)/t14-/m1/s1. The van der Waals surface area contributed by atoms with Crippen LogP contribution < -0.4 is 5.32 Å². The Morgan fingerprint density at radius 1 is 1.17 bits per heavy atom. The van der Waals surface area contributed by atoms with Crippen molar-refractivity contribution < 1.29 is 26.4 Å². The Kier molecular flexibility index (Phi) is 7.90. The number of alkyl halides is 3. The van der Waals surface area contributed by atoms with Gasteiger partial charge in [0.2, 0.25) is 15.9 Å². The molecule has 30 heavy (non-hydrogen) atoms. The lowest BCUT2D eigenvalue weighted by Gasteiger charge is -2.20. The van der Waals surface area contributed by atoms with Crippen LogP contribution >= 0.6 is 11.6 Å². The van der Waals surface area contributed by atoms with E-state index in [0.29, 0.717) is 16.8 Å². The Balaban J connectivity index is 2.00. The quantitative estimate of drug-likeness (QED) is 0.641. The van der Waals surface area contributed by atoms with Crippen molar-refractivity contribution in [2.24, 2.45) is 0 Å². The smallest absolute Gasteiger partial charge is 0.352 e. The van der Waals surface area contributed by atoms with Crippen molar-refractivity contribution in [3.8, 4) is 0 Å². The van der Waals surface area contributed by atoms with E-state index in [1.54, 1.807) is 6.92 Å². The van der Waals surface area contributed by atoms with E-state index >= 15 is 0 Å². The maximum Gasteiger partial charge on any atom is 0.417 e. The molecule has 0 unspecified atom stereocenters. The molecule has 0 aliphatic carbocycles. The lowest BCUT2D eigenvalue weighted by Crippen LogP contribution is -2.41. The third-order valence-corrected chi connectivity index (χ3v) is 6.56. The second kappa shape index (κ2) is 9.80. The molecule has 0 aromatic heterocycles. The van der Waals surface area contributed by atoms with Crippen LogP contribution in [0.5, 0.6) is 0 Å². The number of carbonyl (C=O) groups excluding carboxylic acids is 1. The predicted molar refractivity (Wildman–Crippen MR) is 109 cm³/mol. The molecule has 2 aromatic rings. The molecule has 1 atom stereocenters. The van der Waals surface area contributed by atoms with E-state index in [9.17, 15) is 26.4 Å². The van der Waals surface area contributed by atoms with Crippen molar-refractivity contribution in [2.75, 3.05) is 13.6 Å². The van der Waals surface area contributed by atoms with E-state index in [4.69, 9.17) is 11.6 Å². The minimum Gasteiger partial charge on any atom is -0.352 e. The van der Waals surface area contributed by atoms with E-state index in [0.717, 1.165) is 31.2 Å². The molecule has 2 aromatic carbocycles. The zero-order valence-corrected chi connectivity index (χ0v) is 18.0. The van der Waals surface area contributed by atoms with Gasteiger partial charge in [-0.3, -0.25) is 4.79 Å². The van der Waals surface area contributed by atoms with Crippen molar-refractivity contribution in [2.45, 2.75) is 36.9 Å². The molecule has 1 amide bonds. The monoisotopic (exact) mass is 462 g/mol. The topological polar surface area (TPSA) is 66.5 Å². The molecule has 0 aliphatic rings. The molecule has 2 rings (SSSR count). The summed E-state index contributed by atoms with van der Waals surface area (Å²) in [6, 6.07) is 11.8. The first kappa shape index (κ1) is 24.2.